The van der Waals surface area contributed by atoms with Crippen molar-refractivity contribution in [1.82, 2.24) is 4.98 Å². The molecule has 0 bridgehead atoms. The van der Waals surface area contributed by atoms with Crippen LogP contribution in [0.2, 0.25) is 0 Å². The first-order valence-corrected chi connectivity index (χ1v) is 14.8. The van der Waals surface area contributed by atoms with Crippen LogP contribution >= 0.6 is 0 Å². The average Bonchev–Trinajstić information content (AvgIpc) is 3.49. The third-order valence-electron chi connectivity index (χ3n) is 8.20. The van der Waals surface area contributed by atoms with E-state index in [0.29, 0.717) is 0 Å². The average molecular weight is 565 g/mol. The van der Waals surface area contributed by atoms with Crippen LogP contribution in [0.1, 0.15) is 0 Å². The van der Waals surface area contributed by atoms with Crippen LogP contribution < -0.4 is 4.90 Å². The Labute approximate surface area is 256 Å². The Morgan fingerprint density at radius 1 is 0.409 bits per heavy atom. The maximum atomic E-state index is 6.24. The van der Waals surface area contributed by atoms with Crippen molar-refractivity contribution < 1.29 is 4.42 Å². The molecule has 6 aromatic carbocycles. The van der Waals surface area contributed by atoms with Gasteiger partial charge in [-0.25, -0.2) is 0 Å². The molecular formula is C41H28N2O. The molecule has 0 unspecified atom stereocenters. The lowest BCUT2D eigenvalue weighted by molar-refractivity contribution is 0.668. The van der Waals surface area contributed by atoms with Crippen LogP contribution in [-0.2, 0) is 0 Å². The summed E-state index contributed by atoms with van der Waals surface area (Å²) >= 11 is 0. The molecule has 0 aliphatic carbocycles. The van der Waals surface area contributed by atoms with Crippen LogP contribution in [0.15, 0.2) is 175 Å². The molecule has 0 fully saturated rings. The number of anilines is 3. The molecule has 0 radical (unpaired) electrons. The van der Waals surface area contributed by atoms with Gasteiger partial charge in [0, 0.05) is 29.2 Å². The second-order valence-electron chi connectivity index (χ2n) is 10.9. The molecule has 2 aromatic heterocycles. The topological polar surface area (TPSA) is 29.3 Å². The number of rotatable bonds is 6. The molecular weight excluding hydrogens is 536 g/mol. The minimum atomic E-state index is 0.830. The number of hydrogen-bond acceptors (Lipinski definition) is 3. The molecule has 0 atom stereocenters. The van der Waals surface area contributed by atoms with E-state index < -0.39 is 0 Å². The summed E-state index contributed by atoms with van der Waals surface area (Å²) in [6.45, 7) is 0. The lowest BCUT2D eigenvalue weighted by Crippen LogP contribution is -2.10. The van der Waals surface area contributed by atoms with Crippen molar-refractivity contribution >= 4 is 39.0 Å². The van der Waals surface area contributed by atoms with E-state index in [-0.39, 0.29) is 0 Å². The Morgan fingerprint density at radius 2 is 0.886 bits per heavy atom. The summed E-state index contributed by atoms with van der Waals surface area (Å²) in [6, 6.07) is 55.5. The fourth-order valence-electron chi connectivity index (χ4n) is 5.99. The van der Waals surface area contributed by atoms with Gasteiger partial charge >= 0.3 is 0 Å². The Bertz CT molecular complexity index is 2180. The van der Waals surface area contributed by atoms with E-state index in [0.717, 1.165) is 39.0 Å². The number of benzene rings is 6. The lowest BCUT2D eigenvalue weighted by Gasteiger charge is -2.26. The van der Waals surface area contributed by atoms with E-state index in [1.54, 1.807) is 6.20 Å². The molecule has 44 heavy (non-hydrogen) atoms. The first kappa shape index (κ1) is 25.8. The molecule has 8 aromatic rings. The second-order valence-corrected chi connectivity index (χ2v) is 10.9. The third-order valence-corrected chi connectivity index (χ3v) is 8.20. The fourth-order valence-corrected chi connectivity index (χ4v) is 5.99. The second kappa shape index (κ2) is 11.0. The lowest BCUT2D eigenvalue weighted by atomic mass is 10.00. The van der Waals surface area contributed by atoms with Gasteiger partial charge in [0.15, 0.2) is 0 Å². The van der Waals surface area contributed by atoms with E-state index in [1.807, 2.05) is 30.5 Å². The van der Waals surface area contributed by atoms with E-state index in [1.165, 1.54) is 33.4 Å². The summed E-state index contributed by atoms with van der Waals surface area (Å²) in [5.41, 5.74) is 12.0. The highest BCUT2D eigenvalue weighted by atomic mass is 16.3. The van der Waals surface area contributed by atoms with Gasteiger partial charge in [0.2, 0.25) is 0 Å². The van der Waals surface area contributed by atoms with Crippen LogP contribution in [0, 0.1) is 0 Å². The summed E-state index contributed by atoms with van der Waals surface area (Å²) in [5.74, 6) is 0. The maximum Gasteiger partial charge on any atom is 0.138 e. The predicted octanol–water partition coefficient (Wildman–Crippen LogP) is 11.5. The van der Waals surface area contributed by atoms with Crippen LogP contribution in [0.4, 0.5) is 17.1 Å². The van der Waals surface area contributed by atoms with Crippen molar-refractivity contribution in [2.75, 3.05) is 4.90 Å². The number of furan rings is 1. The highest BCUT2D eigenvalue weighted by Crippen LogP contribution is 2.43. The number of hydrogen-bond donors (Lipinski definition) is 0. The van der Waals surface area contributed by atoms with Crippen molar-refractivity contribution in [3.63, 3.8) is 0 Å². The standard InChI is InChI=1S/C41H28N2O/c1-3-8-29(9-4-1)31-14-16-32(17-15-31)34-20-24-36(25-21-34)43(35-22-18-33(19-23-35)30-10-5-2-6-11-30)38-12-7-13-40-41(38)37-28-42-27-26-39(37)44-40/h1-28H. The summed E-state index contributed by atoms with van der Waals surface area (Å²) in [4.78, 5) is 6.73. The molecule has 0 aliphatic rings. The number of pyridine rings is 1. The van der Waals surface area contributed by atoms with Gasteiger partial charge < -0.3 is 9.32 Å². The summed E-state index contributed by atoms with van der Waals surface area (Å²) in [6.07, 6.45) is 3.67. The smallest absolute Gasteiger partial charge is 0.138 e. The minimum Gasteiger partial charge on any atom is -0.456 e. The molecule has 0 aliphatic heterocycles. The zero-order chi connectivity index (χ0) is 29.3. The van der Waals surface area contributed by atoms with Gasteiger partial charge in [-0.15, -0.1) is 0 Å². The first-order valence-electron chi connectivity index (χ1n) is 14.8. The molecule has 0 saturated carbocycles. The predicted molar refractivity (Wildman–Crippen MR) is 183 cm³/mol. The van der Waals surface area contributed by atoms with Crippen molar-refractivity contribution in [1.29, 1.82) is 0 Å². The SMILES string of the molecule is c1ccc(-c2ccc(-c3ccc(N(c4ccc(-c5ccccc5)cc4)c4cccc5oc6ccncc6c45)cc3)cc2)cc1. The van der Waals surface area contributed by atoms with Crippen molar-refractivity contribution in [3.8, 4) is 33.4 Å². The Hall–Kier alpha value is -5.93. The number of aromatic nitrogens is 1. The zero-order valence-corrected chi connectivity index (χ0v) is 24.0. The largest absolute Gasteiger partial charge is 0.456 e. The highest BCUT2D eigenvalue weighted by molar-refractivity contribution is 6.13. The number of fused-ring (bicyclic) bond motifs is 3. The van der Waals surface area contributed by atoms with E-state index >= 15 is 0 Å². The number of nitrogens with zero attached hydrogens (tertiary/aromatic N) is 2. The van der Waals surface area contributed by atoms with Gasteiger partial charge in [0.05, 0.1) is 11.1 Å². The third kappa shape index (κ3) is 4.71. The molecule has 3 nitrogen and oxygen atoms in total. The van der Waals surface area contributed by atoms with Gasteiger partial charge in [-0.3, -0.25) is 4.98 Å². The first-order chi connectivity index (χ1) is 21.8. The van der Waals surface area contributed by atoms with Crippen LogP contribution in [-0.4, -0.2) is 4.98 Å². The van der Waals surface area contributed by atoms with Crippen molar-refractivity contribution in [2.45, 2.75) is 0 Å². The van der Waals surface area contributed by atoms with E-state index in [9.17, 15) is 0 Å². The van der Waals surface area contributed by atoms with Crippen LogP contribution in [0.25, 0.3) is 55.3 Å². The van der Waals surface area contributed by atoms with Crippen molar-refractivity contribution in [2.24, 2.45) is 0 Å². The zero-order valence-electron chi connectivity index (χ0n) is 24.0. The molecule has 208 valence electrons. The van der Waals surface area contributed by atoms with E-state index in [4.69, 9.17) is 4.42 Å². The van der Waals surface area contributed by atoms with E-state index in [2.05, 4.69) is 143 Å². The quantitative estimate of drug-likeness (QED) is 0.201. The van der Waals surface area contributed by atoms with Crippen LogP contribution in [0.3, 0.4) is 0 Å². The molecule has 3 heteroatoms. The monoisotopic (exact) mass is 564 g/mol. The Balaban J connectivity index is 1.22. The van der Waals surface area contributed by atoms with Gasteiger partial charge in [-0.1, -0.05) is 115 Å². The summed E-state index contributed by atoms with van der Waals surface area (Å²) in [7, 11) is 0. The fraction of sp³-hybridized carbons (Fsp3) is 0. The van der Waals surface area contributed by atoms with Gasteiger partial charge in [-0.05, 0) is 75.8 Å². The molecule has 0 amide bonds. The Morgan fingerprint density at radius 3 is 1.41 bits per heavy atom. The summed E-state index contributed by atoms with van der Waals surface area (Å²) in [5, 5.41) is 2.04. The minimum absolute atomic E-state index is 0.830. The molecule has 0 saturated heterocycles. The molecule has 0 N–H and O–H groups in total. The van der Waals surface area contributed by atoms with Gasteiger partial charge in [0.1, 0.15) is 11.2 Å². The Kier molecular flexibility index (Phi) is 6.47. The molecule has 8 rings (SSSR count). The molecule has 0 spiro atoms. The summed E-state index contributed by atoms with van der Waals surface area (Å²) < 4.78 is 6.24. The van der Waals surface area contributed by atoms with Gasteiger partial charge in [0.25, 0.3) is 0 Å². The molecule has 2 heterocycles. The van der Waals surface area contributed by atoms with Gasteiger partial charge in [-0.2, -0.15) is 0 Å². The highest BCUT2D eigenvalue weighted by Gasteiger charge is 2.19. The maximum absolute atomic E-state index is 6.24. The van der Waals surface area contributed by atoms with Crippen molar-refractivity contribution in [3.05, 3.63) is 170 Å². The van der Waals surface area contributed by atoms with Crippen LogP contribution in [0.5, 0.6) is 0 Å². The normalized spacial score (nSPS) is 11.2.